The summed E-state index contributed by atoms with van der Waals surface area (Å²) in [5.74, 6) is -0.899. The Morgan fingerprint density at radius 2 is 1.86 bits per heavy atom. The number of aliphatic carboxylic acids is 1. The summed E-state index contributed by atoms with van der Waals surface area (Å²) in [6, 6.07) is 1.20. The molecule has 2 heterocycles. The molecule has 2 fully saturated rings. The summed E-state index contributed by atoms with van der Waals surface area (Å²) in [7, 11) is 0. The van der Waals surface area contributed by atoms with Crippen molar-refractivity contribution in [3.63, 3.8) is 0 Å². The van der Waals surface area contributed by atoms with Crippen molar-refractivity contribution in [1.82, 2.24) is 4.90 Å². The fraction of sp³-hybridized carbons (Fsp3) is 0.900. The Hall–Kier alpha value is -0.610. The van der Waals surface area contributed by atoms with Gasteiger partial charge in [-0.15, -0.1) is 0 Å². The predicted octanol–water partition coefficient (Wildman–Crippen LogP) is 0.415. The molecule has 0 aromatic carbocycles. The van der Waals surface area contributed by atoms with Crippen LogP contribution in [0.4, 0.5) is 0 Å². The molecule has 4 heteroatoms. The lowest BCUT2D eigenvalue weighted by Crippen LogP contribution is -2.54. The van der Waals surface area contributed by atoms with Gasteiger partial charge in [-0.3, -0.25) is 9.69 Å². The SMILES string of the molecule is CC(N)(CN1C2CCC1CC2)C(=O)O. The Bertz CT molecular complexity index is 233. The molecule has 80 valence electrons. The number of nitrogens with zero attached hydrogens (tertiary/aromatic N) is 1. The number of fused-ring (bicyclic) bond motifs is 2. The van der Waals surface area contributed by atoms with E-state index in [4.69, 9.17) is 10.8 Å². The predicted molar refractivity (Wildman–Crippen MR) is 53.0 cm³/mol. The number of hydrogen-bond donors (Lipinski definition) is 2. The van der Waals surface area contributed by atoms with Crippen molar-refractivity contribution in [2.45, 2.75) is 50.2 Å². The summed E-state index contributed by atoms with van der Waals surface area (Å²) in [4.78, 5) is 13.2. The maximum Gasteiger partial charge on any atom is 0.324 e. The zero-order valence-corrected chi connectivity index (χ0v) is 8.57. The molecule has 0 saturated carbocycles. The Morgan fingerprint density at radius 3 is 2.21 bits per heavy atom. The molecular weight excluding hydrogens is 180 g/mol. The van der Waals surface area contributed by atoms with E-state index in [-0.39, 0.29) is 0 Å². The average molecular weight is 198 g/mol. The molecule has 2 aliphatic rings. The van der Waals surface area contributed by atoms with Crippen LogP contribution in [0.2, 0.25) is 0 Å². The highest BCUT2D eigenvalue weighted by Gasteiger charge is 2.43. The van der Waals surface area contributed by atoms with Gasteiger partial charge in [-0.05, 0) is 32.6 Å². The fourth-order valence-electron chi connectivity index (χ4n) is 2.72. The summed E-state index contributed by atoms with van der Waals surface area (Å²) in [6.45, 7) is 2.10. The monoisotopic (exact) mass is 198 g/mol. The summed E-state index contributed by atoms with van der Waals surface area (Å²) in [5, 5.41) is 8.94. The van der Waals surface area contributed by atoms with Crippen molar-refractivity contribution in [3.8, 4) is 0 Å². The third-order valence-electron chi connectivity index (χ3n) is 3.60. The molecule has 2 aliphatic heterocycles. The number of carboxylic acids is 1. The zero-order chi connectivity index (χ0) is 10.3. The summed E-state index contributed by atoms with van der Waals surface area (Å²) in [6.07, 6.45) is 4.89. The van der Waals surface area contributed by atoms with Crippen LogP contribution >= 0.6 is 0 Å². The van der Waals surface area contributed by atoms with E-state index in [1.54, 1.807) is 6.92 Å². The first-order chi connectivity index (χ1) is 6.50. The topological polar surface area (TPSA) is 66.6 Å². The highest BCUT2D eigenvalue weighted by Crippen LogP contribution is 2.37. The van der Waals surface area contributed by atoms with Crippen molar-refractivity contribution in [3.05, 3.63) is 0 Å². The molecule has 0 aliphatic carbocycles. The number of carboxylic acid groups (broad SMARTS) is 1. The number of carbonyl (C=O) groups is 1. The molecule has 0 aromatic heterocycles. The summed E-state index contributed by atoms with van der Waals surface area (Å²) < 4.78 is 0. The molecule has 2 bridgehead atoms. The second-order valence-corrected chi connectivity index (χ2v) is 4.86. The van der Waals surface area contributed by atoms with Crippen LogP contribution in [0.25, 0.3) is 0 Å². The van der Waals surface area contributed by atoms with Gasteiger partial charge in [-0.1, -0.05) is 0 Å². The molecule has 0 spiro atoms. The van der Waals surface area contributed by atoms with Gasteiger partial charge < -0.3 is 10.8 Å². The van der Waals surface area contributed by atoms with E-state index in [2.05, 4.69) is 4.90 Å². The van der Waals surface area contributed by atoms with Gasteiger partial charge in [-0.2, -0.15) is 0 Å². The van der Waals surface area contributed by atoms with Crippen LogP contribution in [0, 0.1) is 0 Å². The third kappa shape index (κ3) is 1.53. The summed E-state index contributed by atoms with van der Waals surface area (Å²) in [5.41, 5.74) is 4.66. The van der Waals surface area contributed by atoms with Crippen LogP contribution in [-0.4, -0.2) is 40.1 Å². The molecule has 0 radical (unpaired) electrons. The lowest BCUT2D eigenvalue weighted by molar-refractivity contribution is -0.143. The second-order valence-electron chi connectivity index (χ2n) is 4.86. The van der Waals surface area contributed by atoms with Crippen LogP contribution < -0.4 is 5.73 Å². The first-order valence-electron chi connectivity index (χ1n) is 5.29. The first-order valence-corrected chi connectivity index (χ1v) is 5.29. The van der Waals surface area contributed by atoms with Gasteiger partial charge in [0.1, 0.15) is 5.54 Å². The molecular formula is C10H18N2O2. The molecule has 3 N–H and O–H groups in total. The van der Waals surface area contributed by atoms with Crippen LogP contribution in [-0.2, 0) is 4.79 Å². The fourth-order valence-corrected chi connectivity index (χ4v) is 2.72. The quantitative estimate of drug-likeness (QED) is 0.689. The molecule has 2 rings (SSSR count). The Labute approximate surface area is 84.1 Å². The van der Waals surface area contributed by atoms with E-state index in [1.807, 2.05) is 0 Å². The van der Waals surface area contributed by atoms with Crippen LogP contribution in [0.5, 0.6) is 0 Å². The van der Waals surface area contributed by atoms with Crippen molar-refractivity contribution < 1.29 is 9.90 Å². The smallest absolute Gasteiger partial charge is 0.324 e. The lowest BCUT2D eigenvalue weighted by Gasteiger charge is -2.29. The molecule has 1 atom stereocenters. The van der Waals surface area contributed by atoms with Gasteiger partial charge in [0.15, 0.2) is 0 Å². The van der Waals surface area contributed by atoms with E-state index in [0.717, 1.165) is 0 Å². The molecule has 1 unspecified atom stereocenters. The van der Waals surface area contributed by atoms with Gasteiger partial charge in [0.25, 0.3) is 0 Å². The Kier molecular flexibility index (Phi) is 2.27. The normalized spacial score (nSPS) is 35.9. The number of nitrogens with two attached hydrogens (primary N) is 1. The van der Waals surface area contributed by atoms with Gasteiger partial charge >= 0.3 is 5.97 Å². The van der Waals surface area contributed by atoms with E-state index in [0.29, 0.717) is 18.6 Å². The van der Waals surface area contributed by atoms with Crippen molar-refractivity contribution in [2.24, 2.45) is 5.73 Å². The first kappa shape index (κ1) is 9.93. The van der Waals surface area contributed by atoms with Crippen molar-refractivity contribution in [2.75, 3.05) is 6.54 Å². The number of rotatable bonds is 3. The van der Waals surface area contributed by atoms with E-state index < -0.39 is 11.5 Å². The molecule has 4 nitrogen and oxygen atoms in total. The van der Waals surface area contributed by atoms with Crippen LogP contribution in [0.1, 0.15) is 32.6 Å². The van der Waals surface area contributed by atoms with E-state index in [1.165, 1.54) is 25.7 Å². The molecule has 0 amide bonds. The lowest BCUT2D eigenvalue weighted by atomic mass is 10.0. The highest BCUT2D eigenvalue weighted by atomic mass is 16.4. The van der Waals surface area contributed by atoms with Crippen LogP contribution in [0.15, 0.2) is 0 Å². The minimum atomic E-state index is -1.09. The molecule has 0 aromatic rings. The van der Waals surface area contributed by atoms with Gasteiger partial charge in [0.2, 0.25) is 0 Å². The average Bonchev–Trinajstić information content (AvgIpc) is 2.64. The van der Waals surface area contributed by atoms with Crippen molar-refractivity contribution in [1.29, 1.82) is 0 Å². The highest BCUT2D eigenvalue weighted by molar-refractivity contribution is 5.78. The van der Waals surface area contributed by atoms with Crippen LogP contribution in [0.3, 0.4) is 0 Å². The third-order valence-corrected chi connectivity index (χ3v) is 3.60. The minimum Gasteiger partial charge on any atom is -0.480 e. The number of hydrogen-bond acceptors (Lipinski definition) is 3. The summed E-state index contributed by atoms with van der Waals surface area (Å²) >= 11 is 0. The standard InChI is InChI=1S/C10H18N2O2/c1-10(11,9(13)14)6-12-7-2-3-8(12)5-4-7/h7-8H,2-6,11H2,1H3,(H,13,14). The second kappa shape index (κ2) is 3.21. The minimum absolute atomic E-state index is 0.498. The maximum atomic E-state index is 10.9. The van der Waals surface area contributed by atoms with Crippen molar-refractivity contribution >= 4 is 5.97 Å². The van der Waals surface area contributed by atoms with Gasteiger partial charge in [-0.25, -0.2) is 0 Å². The molecule has 14 heavy (non-hydrogen) atoms. The largest absolute Gasteiger partial charge is 0.480 e. The van der Waals surface area contributed by atoms with E-state index >= 15 is 0 Å². The van der Waals surface area contributed by atoms with Gasteiger partial charge in [0.05, 0.1) is 0 Å². The van der Waals surface area contributed by atoms with Gasteiger partial charge in [0, 0.05) is 18.6 Å². The van der Waals surface area contributed by atoms with E-state index in [9.17, 15) is 4.79 Å². The Morgan fingerprint density at radius 1 is 1.43 bits per heavy atom. The zero-order valence-electron chi connectivity index (χ0n) is 8.57. The molecule has 2 saturated heterocycles. The maximum absolute atomic E-state index is 10.9. The Balaban J connectivity index is 2.01.